The quantitative estimate of drug-likeness (QED) is 0.752. The predicted octanol–water partition coefficient (Wildman–Crippen LogP) is 2.01. The minimum atomic E-state index is -3.74. The van der Waals surface area contributed by atoms with Gasteiger partial charge in [-0.25, -0.2) is 26.3 Å². The minimum Gasteiger partial charge on any atom is -0.452 e. The maximum Gasteiger partial charge on any atom is 0.338 e. The van der Waals surface area contributed by atoms with Crippen LogP contribution in [-0.2, 0) is 19.6 Å². The van der Waals surface area contributed by atoms with Crippen LogP contribution >= 0.6 is 0 Å². The first kappa shape index (κ1) is 20.5. The predicted molar refractivity (Wildman–Crippen MR) is 92.6 cm³/mol. The Labute approximate surface area is 154 Å². The highest BCUT2D eigenvalue weighted by Gasteiger charge is 2.19. The van der Waals surface area contributed by atoms with E-state index in [-0.39, 0.29) is 16.1 Å². The third-order valence-corrected chi connectivity index (χ3v) is 5.20. The molecule has 0 saturated heterocycles. The van der Waals surface area contributed by atoms with Gasteiger partial charge in [0.1, 0.15) is 11.6 Å². The summed E-state index contributed by atoms with van der Waals surface area (Å²) in [5.74, 6) is -3.55. The lowest BCUT2D eigenvalue weighted by atomic mass is 10.2. The van der Waals surface area contributed by atoms with Crippen LogP contribution in [0, 0.1) is 11.6 Å². The number of benzene rings is 2. The van der Waals surface area contributed by atoms with Crippen LogP contribution < -0.4 is 5.32 Å². The number of hydrogen-bond donors (Lipinski definition) is 1. The highest BCUT2D eigenvalue weighted by Crippen LogP contribution is 2.16. The average molecular weight is 398 g/mol. The van der Waals surface area contributed by atoms with Gasteiger partial charge in [-0.1, -0.05) is 6.07 Å². The summed E-state index contributed by atoms with van der Waals surface area (Å²) < 4.78 is 56.2. The zero-order valence-electron chi connectivity index (χ0n) is 14.4. The lowest BCUT2D eigenvalue weighted by Gasteiger charge is -2.12. The van der Waals surface area contributed by atoms with Crippen molar-refractivity contribution in [1.29, 1.82) is 0 Å². The van der Waals surface area contributed by atoms with Crippen molar-refractivity contribution in [2.45, 2.75) is 4.90 Å². The summed E-state index contributed by atoms with van der Waals surface area (Å²) >= 11 is 0. The molecule has 0 spiro atoms. The molecule has 0 unspecified atom stereocenters. The summed E-state index contributed by atoms with van der Waals surface area (Å²) in [5.41, 5.74) is -0.338. The average Bonchev–Trinajstić information content (AvgIpc) is 2.62. The molecule has 2 aromatic rings. The zero-order chi connectivity index (χ0) is 20.2. The number of carbonyl (C=O) groups is 2. The molecule has 27 heavy (non-hydrogen) atoms. The first-order valence-electron chi connectivity index (χ1n) is 7.56. The standard InChI is InChI=1S/C17H16F2N2O5S/c1-21(2)27(24,25)13-5-3-4-11(8-13)17(23)26-10-16(22)20-15-7-6-12(18)9-14(15)19/h3-9H,10H2,1-2H3,(H,20,22). The summed E-state index contributed by atoms with van der Waals surface area (Å²) in [4.78, 5) is 23.7. The first-order valence-corrected chi connectivity index (χ1v) is 9.00. The van der Waals surface area contributed by atoms with E-state index in [1.54, 1.807) is 0 Å². The number of nitrogens with one attached hydrogen (secondary N) is 1. The van der Waals surface area contributed by atoms with Crippen LogP contribution in [0.2, 0.25) is 0 Å². The monoisotopic (exact) mass is 398 g/mol. The van der Waals surface area contributed by atoms with E-state index in [1.807, 2.05) is 0 Å². The first-order chi connectivity index (χ1) is 12.6. The fourth-order valence-electron chi connectivity index (χ4n) is 1.99. The highest BCUT2D eigenvalue weighted by atomic mass is 32.2. The van der Waals surface area contributed by atoms with E-state index in [1.165, 1.54) is 32.3 Å². The number of carbonyl (C=O) groups excluding carboxylic acids is 2. The molecule has 7 nitrogen and oxygen atoms in total. The summed E-state index contributed by atoms with van der Waals surface area (Å²) in [6, 6.07) is 7.71. The maximum absolute atomic E-state index is 13.5. The van der Waals surface area contributed by atoms with Gasteiger partial charge in [0.15, 0.2) is 6.61 Å². The Morgan fingerprint density at radius 1 is 1.11 bits per heavy atom. The second-order valence-electron chi connectivity index (χ2n) is 5.56. The smallest absolute Gasteiger partial charge is 0.338 e. The van der Waals surface area contributed by atoms with Gasteiger partial charge < -0.3 is 10.1 Å². The van der Waals surface area contributed by atoms with Gasteiger partial charge in [-0.2, -0.15) is 0 Å². The Bertz CT molecular complexity index is 977. The number of esters is 1. The van der Waals surface area contributed by atoms with Gasteiger partial charge in [-0.15, -0.1) is 0 Å². The summed E-state index contributed by atoms with van der Waals surface area (Å²) in [5, 5.41) is 2.13. The Kier molecular flexibility index (Phi) is 6.24. The van der Waals surface area contributed by atoms with E-state index in [2.05, 4.69) is 5.32 Å². The molecule has 144 valence electrons. The zero-order valence-corrected chi connectivity index (χ0v) is 15.2. The van der Waals surface area contributed by atoms with Crippen LogP contribution in [0.1, 0.15) is 10.4 Å². The van der Waals surface area contributed by atoms with E-state index in [0.29, 0.717) is 6.07 Å². The molecule has 0 fully saturated rings. The van der Waals surface area contributed by atoms with Crippen LogP contribution in [0.5, 0.6) is 0 Å². The Hall–Kier alpha value is -2.85. The van der Waals surface area contributed by atoms with E-state index in [9.17, 15) is 26.8 Å². The molecular formula is C17H16F2N2O5S. The van der Waals surface area contributed by atoms with Crippen molar-refractivity contribution in [3.8, 4) is 0 Å². The van der Waals surface area contributed by atoms with Gasteiger partial charge in [0, 0.05) is 20.2 Å². The molecule has 0 bridgehead atoms. The molecule has 1 N–H and O–H groups in total. The Morgan fingerprint density at radius 2 is 1.81 bits per heavy atom. The molecule has 2 aromatic carbocycles. The summed E-state index contributed by atoms with van der Waals surface area (Å²) in [6.07, 6.45) is 0. The van der Waals surface area contributed by atoms with Crippen molar-refractivity contribution >= 4 is 27.6 Å². The van der Waals surface area contributed by atoms with Crippen LogP contribution in [0.4, 0.5) is 14.5 Å². The van der Waals surface area contributed by atoms with Crippen molar-refractivity contribution in [3.05, 3.63) is 59.7 Å². The van der Waals surface area contributed by atoms with E-state index >= 15 is 0 Å². The van der Waals surface area contributed by atoms with Gasteiger partial charge >= 0.3 is 5.97 Å². The van der Waals surface area contributed by atoms with Gasteiger partial charge in [0.25, 0.3) is 5.91 Å². The van der Waals surface area contributed by atoms with Crippen LogP contribution in [-0.4, -0.2) is 45.3 Å². The number of halogens is 2. The summed E-state index contributed by atoms with van der Waals surface area (Å²) in [6.45, 7) is -0.736. The Balaban J connectivity index is 2.02. The van der Waals surface area contributed by atoms with Crippen LogP contribution in [0.25, 0.3) is 0 Å². The number of nitrogens with zero attached hydrogens (tertiary/aromatic N) is 1. The molecule has 1 amide bonds. The molecule has 0 radical (unpaired) electrons. The molecule has 0 saturated carbocycles. The van der Waals surface area contributed by atoms with E-state index in [0.717, 1.165) is 22.5 Å². The molecule has 0 aliphatic heterocycles. The second kappa shape index (κ2) is 8.23. The molecule has 0 aromatic heterocycles. The van der Waals surface area contributed by atoms with E-state index < -0.39 is 40.1 Å². The molecule has 2 rings (SSSR count). The molecule has 10 heteroatoms. The normalized spacial score (nSPS) is 11.3. The third kappa shape index (κ3) is 5.08. The topological polar surface area (TPSA) is 92.8 Å². The largest absolute Gasteiger partial charge is 0.452 e. The molecule has 0 aliphatic rings. The lowest BCUT2D eigenvalue weighted by molar-refractivity contribution is -0.119. The van der Waals surface area contributed by atoms with Gasteiger partial charge in [0.05, 0.1) is 16.1 Å². The molecule has 0 heterocycles. The van der Waals surface area contributed by atoms with Gasteiger partial charge in [0.2, 0.25) is 10.0 Å². The molecule has 0 aliphatic carbocycles. The molecular weight excluding hydrogens is 382 g/mol. The summed E-state index contributed by atoms with van der Waals surface area (Å²) in [7, 11) is -1.05. The van der Waals surface area contributed by atoms with Crippen LogP contribution in [0.3, 0.4) is 0 Å². The minimum absolute atomic E-state index is 0.0707. The lowest BCUT2D eigenvalue weighted by Crippen LogP contribution is -2.23. The number of hydrogen-bond acceptors (Lipinski definition) is 5. The van der Waals surface area contributed by atoms with Crippen LogP contribution in [0.15, 0.2) is 47.4 Å². The van der Waals surface area contributed by atoms with Crippen molar-refractivity contribution in [2.24, 2.45) is 0 Å². The fourth-order valence-corrected chi connectivity index (χ4v) is 2.93. The van der Waals surface area contributed by atoms with Gasteiger partial charge in [-0.05, 0) is 30.3 Å². The number of rotatable bonds is 6. The number of anilines is 1. The maximum atomic E-state index is 13.5. The van der Waals surface area contributed by atoms with Crippen molar-refractivity contribution in [1.82, 2.24) is 4.31 Å². The fraction of sp³-hybridized carbons (Fsp3) is 0.176. The number of sulfonamides is 1. The Morgan fingerprint density at radius 3 is 2.44 bits per heavy atom. The third-order valence-electron chi connectivity index (χ3n) is 3.39. The SMILES string of the molecule is CN(C)S(=O)(=O)c1cccc(C(=O)OCC(=O)Nc2ccc(F)cc2F)c1. The van der Waals surface area contributed by atoms with Crippen molar-refractivity contribution in [3.63, 3.8) is 0 Å². The van der Waals surface area contributed by atoms with Gasteiger partial charge in [-0.3, -0.25) is 4.79 Å². The molecule has 0 atom stereocenters. The van der Waals surface area contributed by atoms with Crippen molar-refractivity contribution < 1.29 is 31.5 Å². The van der Waals surface area contributed by atoms with E-state index in [4.69, 9.17) is 4.74 Å². The highest BCUT2D eigenvalue weighted by molar-refractivity contribution is 7.89. The number of amides is 1. The van der Waals surface area contributed by atoms with Crippen molar-refractivity contribution in [2.75, 3.05) is 26.0 Å². The second-order valence-corrected chi connectivity index (χ2v) is 7.72. The number of ether oxygens (including phenoxy) is 1.